The van der Waals surface area contributed by atoms with Crippen molar-refractivity contribution in [2.75, 3.05) is 19.8 Å². The van der Waals surface area contributed by atoms with Gasteiger partial charge in [-0.3, -0.25) is 13.6 Å². The molecule has 0 aliphatic rings. The second kappa shape index (κ2) is 10.1. The van der Waals surface area contributed by atoms with Gasteiger partial charge in [0.2, 0.25) is 0 Å². The zero-order valence-corrected chi connectivity index (χ0v) is 12.5. The summed E-state index contributed by atoms with van der Waals surface area (Å²) in [5.41, 5.74) is 0. The smallest absolute Gasteiger partial charge is 0.287 e. The van der Waals surface area contributed by atoms with E-state index in [0.29, 0.717) is 25.7 Å². The molecular weight excluding hydrogens is 239 g/mol. The second-order valence-corrected chi connectivity index (χ2v) is 6.12. The van der Waals surface area contributed by atoms with Gasteiger partial charge in [0.15, 0.2) is 0 Å². The minimum Gasteiger partial charge on any atom is -0.287 e. The van der Waals surface area contributed by atoms with Crippen LogP contribution in [0.25, 0.3) is 0 Å². The van der Waals surface area contributed by atoms with Crippen LogP contribution in [-0.2, 0) is 18.1 Å². The monoisotopic (exact) mass is 266 g/mol. The first-order valence-electron chi connectivity index (χ1n) is 6.57. The lowest BCUT2D eigenvalue weighted by atomic mass is 10.2. The normalized spacial score (nSPS) is 15.1. The zero-order valence-electron chi connectivity index (χ0n) is 11.6. The Morgan fingerprint density at radius 1 is 1.00 bits per heavy atom. The largest absolute Gasteiger partial charge is 0.474 e. The summed E-state index contributed by atoms with van der Waals surface area (Å²) < 4.78 is 27.7. The third-order valence-electron chi connectivity index (χ3n) is 2.10. The first-order valence-corrected chi connectivity index (χ1v) is 8.03. The van der Waals surface area contributed by atoms with Crippen molar-refractivity contribution in [2.45, 2.75) is 53.4 Å². The molecule has 0 fully saturated rings. The molecular formula is C12H27O4P. The molecule has 0 aromatic rings. The van der Waals surface area contributed by atoms with Crippen molar-refractivity contribution in [3.05, 3.63) is 0 Å². The maximum atomic E-state index is 12.1. The van der Waals surface area contributed by atoms with Crippen LogP contribution in [0.3, 0.4) is 0 Å². The van der Waals surface area contributed by atoms with Gasteiger partial charge in [-0.15, -0.1) is 0 Å². The summed E-state index contributed by atoms with van der Waals surface area (Å²) in [4.78, 5) is 0. The van der Waals surface area contributed by atoms with E-state index < -0.39 is 7.82 Å². The molecule has 0 saturated carbocycles. The van der Waals surface area contributed by atoms with Crippen LogP contribution in [0.15, 0.2) is 0 Å². The summed E-state index contributed by atoms with van der Waals surface area (Å²) in [6.45, 7) is 9.10. The van der Waals surface area contributed by atoms with Crippen molar-refractivity contribution in [3.63, 3.8) is 0 Å². The van der Waals surface area contributed by atoms with Crippen molar-refractivity contribution in [1.29, 1.82) is 0 Å². The molecule has 0 aliphatic heterocycles. The molecule has 0 aromatic heterocycles. The number of rotatable bonds is 11. The third-order valence-corrected chi connectivity index (χ3v) is 3.64. The maximum Gasteiger partial charge on any atom is 0.474 e. The molecule has 5 heteroatoms. The Morgan fingerprint density at radius 2 is 1.71 bits per heavy atom. The van der Waals surface area contributed by atoms with E-state index in [9.17, 15) is 4.57 Å². The fourth-order valence-electron chi connectivity index (χ4n) is 1.22. The highest BCUT2D eigenvalue weighted by atomic mass is 31.2. The van der Waals surface area contributed by atoms with Crippen molar-refractivity contribution in [1.82, 2.24) is 0 Å². The topological polar surface area (TPSA) is 44.8 Å². The molecule has 0 bridgehead atoms. The van der Waals surface area contributed by atoms with Gasteiger partial charge in [0.25, 0.3) is 0 Å². The van der Waals surface area contributed by atoms with Crippen molar-refractivity contribution in [2.24, 2.45) is 5.92 Å². The summed E-state index contributed by atoms with van der Waals surface area (Å²) in [6, 6.07) is 0. The average Bonchev–Trinajstić information content (AvgIpc) is 2.27. The summed E-state index contributed by atoms with van der Waals surface area (Å²) in [6.07, 6.45) is 4.34. The number of phosphoric ester groups is 1. The van der Waals surface area contributed by atoms with Crippen LogP contribution in [0.1, 0.15) is 53.4 Å². The first-order chi connectivity index (χ1) is 8.04. The summed E-state index contributed by atoms with van der Waals surface area (Å²) in [5.74, 6) is 0.312. The van der Waals surface area contributed by atoms with Crippen LogP contribution in [0, 0.1) is 5.92 Å². The summed E-state index contributed by atoms with van der Waals surface area (Å²) in [5, 5.41) is 0. The predicted molar refractivity (Wildman–Crippen MR) is 70.1 cm³/mol. The number of hydrogen-bond donors (Lipinski definition) is 0. The molecule has 1 atom stereocenters. The van der Waals surface area contributed by atoms with Crippen LogP contribution in [0.4, 0.5) is 0 Å². The first kappa shape index (κ1) is 17.1. The van der Waals surface area contributed by atoms with Crippen LogP contribution < -0.4 is 0 Å². The van der Waals surface area contributed by atoms with Gasteiger partial charge in [0.05, 0.1) is 19.8 Å². The molecule has 104 valence electrons. The maximum absolute atomic E-state index is 12.1. The lowest BCUT2D eigenvalue weighted by molar-refractivity contribution is 0.106. The standard InChI is InChI=1S/C12H27O4P/c1-5-7-8-9-10-15-17(13,14-6-2)16-11-12(3)4/h12H,5-11H2,1-4H3. The van der Waals surface area contributed by atoms with Gasteiger partial charge in [-0.2, -0.15) is 0 Å². The fourth-order valence-corrected chi connectivity index (χ4v) is 2.59. The molecule has 0 N–H and O–H groups in total. The van der Waals surface area contributed by atoms with Crippen molar-refractivity contribution >= 4 is 7.82 Å². The molecule has 0 spiro atoms. The van der Waals surface area contributed by atoms with E-state index in [4.69, 9.17) is 13.6 Å². The van der Waals surface area contributed by atoms with Gasteiger partial charge in [0, 0.05) is 0 Å². The molecule has 0 saturated heterocycles. The quantitative estimate of drug-likeness (QED) is 0.410. The molecule has 1 unspecified atom stereocenters. The Balaban J connectivity index is 3.90. The molecule has 17 heavy (non-hydrogen) atoms. The Bertz CT molecular complexity index is 219. The average molecular weight is 266 g/mol. The van der Waals surface area contributed by atoms with Crippen LogP contribution in [0.2, 0.25) is 0 Å². The third kappa shape index (κ3) is 9.78. The van der Waals surface area contributed by atoms with Gasteiger partial charge < -0.3 is 0 Å². The van der Waals surface area contributed by atoms with E-state index in [1.807, 2.05) is 13.8 Å². The minimum absolute atomic E-state index is 0.312. The van der Waals surface area contributed by atoms with E-state index in [1.165, 1.54) is 12.8 Å². The number of phosphoric acid groups is 1. The van der Waals surface area contributed by atoms with E-state index in [-0.39, 0.29) is 0 Å². The van der Waals surface area contributed by atoms with Gasteiger partial charge in [0.1, 0.15) is 0 Å². The molecule has 0 aliphatic carbocycles. The molecule has 0 aromatic carbocycles. The highest BCUT2D eigenvalue weighted by molar-refractivity contribution is 7.48. The summed E-state index contributed by atoms with van der Waals surface area (Å²) >= 11 is 0. The van der Waals surface area contributed by atoms with E-state index in [1.54, 1.807) is 6.92 Å². The molecule has 0 rings (SSSR count). The Morgan fingerprint density at radius 3 is 2.24 bits per heavy atom. The van der Waals surface area contributed by atoms with Gasteiger partial charge in [-0.1, -0.05) is 40.0 Å². The highest BCUT2D eigenvalue weighted by Gasteiger charge is 2.25. The lowest BCUT2D eigenvalue weighted by Crippen LogP contribution is -2.06. The van der Waals surface area contributed by atoms with Crippen LogP contribution >= 0.6 is 7.82 Å². The van der Waals surface area contributed by atoms with E-state index >= 15 is 0 Å². The van der Waals surface area contributed by atoms with Gasteiger partial charge >= 0.3 is 7.82 Å². The number of unbranched alkanes of at least 4 members (excludes halogenated alkanes) is 3. The van der Waals surface area contributed by atoms with Gasteiger partial charge in [-0.25, -0.2) is 4.57 Å². The predicted octanol–water partition coefficient (Wildman–Crippen LogP) is 4.40. The van der Waals surface area contributed by atoms with Crippen LogP contribution in [0.5, 0.6) is 0 Å². The zero-order chi connectivity index (χ0) is 13.1. The number of hydrogen-bond acceptors (Lipinski definition) is 4. The second-order valence-electron chi connectivity index (χ2n) is 4.45. The minimum atomic E-state index is -3.32. The van der Waals surface area contributed by atoms with Gasteiger partial charge in [-0.05, 0) is 19.3 Å². The van der Waals surface area contributed by atoms with Crippen LogP contribution in [-0.4, -0.2) is 19.8 Å². The molecule has 4 nitrogen and oxygen atoms in total. The van der Waals surface area contributed by atoms with Crippen molar-refractivity contribution < 1.29 is 18.1 Å². The SMILES string of the molecule is CCCCCCOP(=O)(OCC)OCC(C)C. The Labute approximate surface area is 106 Å². The Kier molecular flexibility index (Phi) is 10.1. The molecule has 0 heterocycles. The summed E-state index contributed by atoms with van der Waals surface area (Å²) in [7, 11) is -3.32. The lowest BCUT2D eigenvalue weighted by Gasteiger charge is -2.18. The Hall–Kier alpha value is 0.110. The fraction of sp³-hybridized carbons (Fsp3) is 1.00. The van der Waals surface area contributed by atoms with E-state index in [0.717, 1.165) is 12.8 Å². The van der Waals surface area contributed by atoms with Crippen molar-refractivity contribution in [3.8, 4) is 0 Å². The molecule has 0 radical (unpaired) electrons. The van der Waals surface area contributed by atoms with E-state index in [2.05, 4.69) is 6.92 Å². The highest BCUT2D eigenvalue weighted by Crippen LogP contribution is 2.49. The molecule has 0 amide bonds.